The Bertz CT molecular complexity index is 766. The molecule has 2 aromatic rings. The molecule has 2 atom stereocenters. The summed E-state index contributed by atoms with van der Waals surface area (Å²) in [5, 5.41) is 7.95. The fourth-order valence-corrected chi connectivity index (χ4v) is 3.72. The average molecular weight is 345 g/mol. The fourth-order valence-electron chi connectivity index (χ4n) is 3.55. The van der Waals surface area contributed by atoms with Crippen LogP contribution in [0.4, 0.5) is 11.4 Å². The lowest BCUT2D eigenvalue weighted by atomic mass is 10.2. The van der Waals surface area contributed by atoms with E-state index in [1.165, 1.54) is 12.8 Å². The Morgan fingerprint density at radius 2 is 2.12 bits per heavy atom. The van der Waals surface area contributed by atoms with Gasteiger partial charge in [-0.25, -0.2) is 0 Å². The van der Waals surface area contributed by atoms with Crippen molar-refractivity contribution in [2.24, 2.45) is 13.0 Å². The number of hydrogen-bond acceptors (Lipinski definition) is 3. The Kier molecular flexibility index (Phi) is 3.96. The highest BCUT2D eigenvalue weighted by atomic mass is 35.5. The van der Waals surface area contributed by atoms with Crippen LogP contribution in [0.25, 0.3) is 0 Å². The summed E-state index contributed by atoms with van der Waals surface area (Å²) in [4.78, 5) is 15.0. The number of aromatic nitrogens is 2. The third-order valence-electron chi connectivity index (χ3n) is 4.94. The molecule has 1 saturated carbocycles. The van der Waals surface area contributed by atoms with Gasteiger partial charge >= 0.3 is 0 Å². The van der Waals surface area contributed by atoms with Crippen LogP contribution < -0.4 is 10.2 Å². The smallest absolute Gasteiger partial charge is 0.228 e. The standard InChI is InChI=1S/C18H21ClN4O/c1-22-11-12(10-20-22)14-9-15(14)18(24)21-16-8-13(19)4-5-17(16)23-6-2-3-7-23/h4-5,8,10-11,14-15H,2-3,6-7,9H2,1H3,(H,21,24)/t14-,15+/m0/s1. The molecule has 126 valence electrons. The van der Waals surface area contributed by atoms with Crippen molar-refractivity contribution in [3.63, 3.8) is 0 Å². The maximum absolute atomic E-state index is 12.6. The minimum absolute atomic E-state index is 0.0274. The molecule has 4 rings (SSSR count). The fraction of sp³-hybridized carbons (Fsp3) is 0.444. The molecular formula is C18H21ClN4O. The quantitative estimate of drug-likeness (QED) is 0.924. The zero-order chi connectivity index (χ0) is 16.7. The molecule has 0 bridgehead atoms. The first-order valence-electron chi connectivity index (χ1n) is 8.46. The molecule has 1 saturated heterocycles. The van der Waals surface area contributed by atoms with Crippen LogP contribution >= 0.6 is 11.6 Å². The molecule has 2 fully saturated rings. The lowest BCUT2D eigenvalue weighted by molar-refractivity contribution is -0.117. The van der Waals surface area contributed by atoms with Gasteiger partial charge in [-0.05, 0) is 48.9 Å². The lowest BCUT2D eigenvalue weighted by Gasteiger charge is -2.22. The molecule has 2 aliphatic rings. The Morgan fingerprint density at radius 1 is 1.33 bits per heavy atom. The first kappa shape index (κ1) is 15.5. The first-order valence-corrected chi connectivity index (χ1v) is 8.83. The van der Waals surface area contributed by atoms with Gasteiger partial charge in [0.25, 0.3) is 0 Å². The summed E-state index contributed by atoms with van der Waals surface area (Å²) in [7, 11) is 1.90. The topological polar surface area (TPSA) is 50.2 Å². The zero-order valence-electron chi connectivity index (χ0n) is 13.7. The Labute approximate surface area is 146 Å². The normalized spacial score (nSPS) is 22.7. The van der Waals surface area contributed by atoms with Crippen molar-refractivity contribution in [1.29, 1.82) is 0 Å². The molecule has 1 N–H and O–H groups in total. The van der Waals surface area contributed by atoms with E-state index in [0.29, 0.717) is 5.02 Å². The monoisotopic (exact) mass is 344 g/mol. The number of rotatable bonds is 4. The number of nitrogens with one attached hydrogen (secondary N) is 1. The van der Waals surface area contributed by atoms with Gasteiger partial charge in [0.15, 0.2) is 0 Å². The summed E-state index contributed by atoms with van der Waals surface area (Å²) in [6, 6.07) is 5.75. The minimum atomic E-state index is 0.0274. The van der Waals surface area contributed by atoms with E-state index in [2.05, 4.69) is 15.3 Å². The van der Waals surface area contributed by atoms with Crippen LogP contribution in [-0.2, 0) is 11.8 Å². The van der Waals surface area contributed by atoms with Crippen LogP contribution in [0.5, 0.6) is 0 Å². The van der Waals surface area contributed by atoms with E-state index in [4.69, 9.17) is 11.6 Å². The molecule has 1 aromatic heterocycles. The van der Waals surface area contributed by atoms with Crippen LogP contribution in [0.3, 0.4) is 0 Å². The van der Waals surface area contributed by atoms with E-state index in [1.807, 2.05) is 37.6 Å². The van der Waals surface area contributed by atoms with Gasteiger partial charge in [0.2, 0.25) is 5.91 Å². The summed E-state index contributed by atoms with van der Waals surface area (Å²) in [6.07, 6.45) is 7.13. The molecule has 1 aromatic carbocycles. The van der Waals surface area contributed by atoms with Crippen molar-refractivity contribution in [2.45, 2.75) is 25.2 Å². The minimum Gasteiger partial charge on any atom is -0.370 e. The van der Waals surface area contributed by atoms with Gasteiger partial charge in [-0.2, -0.15) is 5.10 Å². The number of amides is 1. The van der Waals surface area contributed by atoms with Gasteiger partial charge < -0.3 is 10.2 Å². The molecule has 5 nitrogen and oxygen atoms in total. The predicted octanol–water partition coefficient (Wildman–Crippen LogP) is 3.42. The van der Waals surface area contributed by atoms with Crippen molar-refractivity contribution < 1.29 is 4.79 Å². The van der Waals surface area contributed by atoms with Crippen LogP contribution in [0.1, 0.15) is 30.7 Å². The number of aryl methyl sites for hydroxylation is 1. The molecule has 0 unspecified atom stereocenters. The maximum atomic E-state index is 12.6. The van der Waals surface area contributed by atoms with Crippen molar-refractivity contribution >= 4 is 28.9 Å². The number of carbonyl (C=O) groups excluding carboxylic acids is 1. The molecule has 1 amide bonds. The molecule has 0 spiro atoms. The van der Waals surface area contributed by atoms with E-state index in [-0.39, 0.29) is 17.7 Å². The summed E-state index contributed by atoms with van der Waals surface area (Å²) >= 11 is 6.15. The molecule has 2 heterocycles. The highest BCUT2D eigenvalue weighted by Crippen LogP contribution is 2.48. The second kappa shape index (κ2) is 6.13. The average Bonchev–Trinajstić information content (AvgIpc) is 2.95. The first-order chi connectivity index (χ1) is 11.6. The molecular weight excluding hydrogens is 324 g/mol. The highest BCUT2D eigenvalue weighted by Gasteiger charge is 2.44. The largest absolute Gasteiger partial charge is 0.370 e. The van der Waals surface area contributed by atoms with Crippen LogP contribution in [0.2, 0.25) is 5.02 Å². The SMILES string of the molecule is Cn1cc([C@@H]2C[C@H]2C(=O)Nc2cc(Cl)ccc2N2CCCC2)cn1. The van der Waals surface area contributed by atoms with Gasteiger partial charge in [0.05, 0.1) is 17.6 Å². The number of nitrogens with zero attached hydrogens (tertiary/aromatic N) is 3. The molecule has 1 aliphatic heterocycles. The molecule has 6 heteroatoms. The summed E-state index contributed by atoms with van der Waals surface area (Å²) in [6.45, 7) is 2.07. The van der Waals surface area contributed by atoms with Crippen molar-refractivity contribution in [2.75, 3.05) is 23.3 Å². The number of hydrogen-bond donors (Lipinski definition) is 1. The Hall–Kier alpha value is -2.01. The third kappa shape index (κ3) is 3.00. The van der Waals surface area contributed by atoms with Gasteiger partial charge in [0, 0.05) is 37.3 Å². The van der Waals surface area contributed by atoms with Crippen molar-refractivity contribution in [1.82, 2.24) is 9.78 Å². The number of benzene rings is 1. The number of anilines is 2. The van der Waals surface area contributed by atoms with Crippen molar-refractivity contribution in [3.8, 4) is 0 Å². The Balaban J connectivity index is 1.49. The molecule has 0 radical (unpaired) electrons. The van der Waals surface area contributed by atoms with Gasteiger partial charge in [0.1, 0.15) is 0 Å². The third-order valence-corrected chi connectivity index (χ3v) is 5.18. The summed E-state index contributed by atoms with van der Waals surface area (Å²) in [5.41, 5.74) is 3.04. The summed E-state index contributed by atoms with van der Waals surface area (Å²) < 4.78 is 1.78. The van der Waals surface area contributed by atoms with E-state index < -0.39 is 0 Å². The van der Waals surface area contributed by atoms with Crippen molar-refractivity contribution in [3.05, 3.63) is 41.2 Å². The Morgan fingerprint density at radius 3 is 2.83 bits per heavy atom. The highest BCUT2D eigenvalue weighted by molar-refractivity contribution is 6.31. The van der Waals surface area contributed by atoms with Gasteiger partial charge in [-0.3, -0.25) is 9.48 Å². The molecule has 24 heavy (non-hydrogen) atoms. The van der Waals surface area contributed by atoms with Crippen LogP contribution in [-0.4, -0.2) is 28.8 Å². The van der Waals surface area contributed by atoms with Gasteiger partial charge in [-0.15, -0.1) is 0 Å². The lowest BCUT2D eigenvalue weighted by Crippen LogP contribution is -2.22. The maximum Gasteiger partial charge on any atom is 0.228 e. The zero-order valence-corrected chi connectivity index (χ0v) is 14.5. The predicted molar refractivity (Wildman–Crippen MR) is 95.6 cm³/mol. The molecule has 1 aliphatic carbocycles. The van der Waals surface area contributed by atoms with Crippen LogP contribution in [0.15, 0.2) is 30.6 Å². The number of carbonyl (C=O) groups is 1. The van der Waals surface area contributed by atoms with E-state index in [1.54, 1.807) is 4.68 Å². The second-order valence-electron chi connectivity index (χ2n) is 6.74. The van der Waals surface area contributed by atoms with Gasteiger partial charge in [-0.1, -0.05) is 11.6 Å². The van der Waals surface area contributed by atoms with Crippen LogP contribution in [0, 0.1) is 5.92 Å². The van der Waals surface area contributed by atoms with E-state index in [9.17, 15) is 4.79 Å². The number of halogens is 1. The second-order valence-corrected chi connectivity index (χ2v) is 7.18. The summed E-state index contributed by atoms with van der Waals surface area (Å²) in [5.74, 6) is 0.388. The van der Waals surface area contributed by atoms with E-state index in [0.717, 1.165) is 36.4 Å². The van der Waals surface area contributed by atoms with E-state index >= 15 is 0 Å².